The van der Waals surface area contributed by atoms with Gasteiger partial charge in [0.2, 0.25) is 5.91 Å². The molecule has 4 nitrogen and oxygen atoms in total. The van der Waals surface area contributed by atoms with Gasteiger partial charge in [-0.15, -0.1) is 0 Å². The minimum Gasteiger partial charge on any atom is -0.375 e. The van der Waals surface area contributed by atoms with Crippen LogP contribution in [0.1, 0.15) is 39.5 Å². The number of carbonyl (C=O) groups is 1. The van der Waals surface area contributed by atoms with E-state index in [1.807, 2.05) is 0 Å². The maximum atomic E-state index is 11.9. The van der Waals surface area contributed by atoms with Crippen molar-refractivity contribution in [3.63, 3.8) is 0 Å². The number of carbonyl (C=O) groups excluding carboxylic acids is 1. The zero-order valence-corrected chi connectivity index (χ0v) is 10.6. The van der Waals surface area contributed by atoms with Crippen LogP contribution < -0.4 is 10.6 Å². The summed E-state index contributed by atoms with van der Waals surface area (Å²) in [5.74, 6) is 0.985. The molecule has 2 aliphatic carbocycles. The summed E-state index contributed by atoms with van der Waals surface area (Å²) >= 11 is 0. The van der Waals surface area contributed by atoms with E-state index >= 15 is 0 Å². The van der Waals surface area contributed by atoms with Crippen LogP contribution in [0, 0.1) is 5.92 Å². The lowest BCUT2D eigenvalue weighted by Gasteiger charge is -2.36. The summed E-state index contributed by atoms with van der Waals surface area (Å²) in [6, 6.07) is 0.929. The molecule has 1 heterocycles. The molecule has 2 N–H and O–H groups in total. The summed E-state index contributed by atoms with van der Waals surface area (Å²) in [6.45, 7) is 4.11. The zero-order valence-electron chi connectivity index (χ0n) is 10.6. The molecule has 1 amide bonds. The third-order valence-corrected chi connectivity index (χ3v) is 3.94. The molecule has 2 atom stereocenters. The molecule has 0 aromatic carbocycles. The molecule has 4 heteroatoms. The highest BCUT2D eigenvalue weighted by Crippen LogP contribution is 2.39. The monoisotopic (exact) mass is 238 g/mol. The second kappa shape index (κ2) is 4.25. The number of hydrogen-bond donors (Lipinski definition) is 2. The Morgan fingerprint density at radius 1 is 1.35 bits per heavy atom. The first-order valence-corrected chi connectivity index (χ1v) is 6.85. The van der Waals surface area contributed by atoms with E-state index in [9.17, 15) is 4.79 Å². The van der Waals surface area contributed by atoms with Gasteiger partial charge in [0.25, 0.3) is 0 Å². The first-order valence-electron chi connectivity index (χ1n) is 6.85. The van der Waals surface area contributed by atoms with Gasteiger partial charge in [-0.05, 0) is 45.4 Å². The van der Waals surface area contributed by atoms with Crippen LogP contribution in [-0.2, 0) is 9.53 Å². The smallest absolute Gasteiger partial charge is 0.238 e. The Labute approximate surface area is 102 Å². The van der Waals surface area contributed by atoms with Gasteiger partial charge in [0.15, 0.2) is 0 Å². The van der Waals surface area contributed by atoms with Crippen LogP contribution in [-0.4, -0.2) is 36.2 Å². The summed E-state index contributed by atoms with van der Waals surface area (Å²) in [5.41, 5.74) is 0. The molecule has 3 fully saturated rings. The van der Waals surface area contributed by atoms with Crippen molar-refractivity contribution in [3.05, 3.63) is 0 Å². The molecular formula is C13H22N2O2. The Bertz CT molecular complexity index is 309. The number of rotatable bonds is 5. The molecule has 3 rings (SSSR count). The minimum atomic E-state index is 0.104. The van der Waals surface area contributed by atoms with Gasteiger partial charge in [-0.2, -0.15) is 0 Å². The molecule has 0 aromatic heterocycles. The Morgan fingerprint density at radius 3 is 2.65 bits per heavy atom. The third kappa shape index (κ3) is 2.63. The van der Waals surface area contributed by atoms with Gasteiger partial charge >= 0.3 is 0 Å². The van der Waals surface area contributed by atoms with Crippen LogP contribution in [0.15, 0.2) is 0 Å². The maximum absolute atomic E-state index is 11.9. The quantitative estimate of drug-likeness (QED) is 0.697. The summed E-state index contributed by atoms with van der Waals surface area (Å²) < 4.78 is 5.68. The largest absolute Gasteiger partial charge is 0.375 e. The molecule has 1 aliphatic heterocycles. The Morgan fingerprint density at radius 2 is 2.06 bits per heavy atom. The van der Waals surface area contributed by atoms with Gasteiger partial charge in [-0.3, -0.25) is 10.1 Å². The van der Waals surface area contributed by atoms with E-state index in [-0.39, 0.29) is 11.9 Å². The number of amides is 1. The summed E-state index contributed by atoms with van der Waals surface area (Å²) in [6.07, 6.45) is 5.20. The normalized spacial score (nSPS) is 39.9. The fourth-order valence-corrected chi connectivity index (χ4v) is 2.72. The van der Waals surface area contributed by atoms with Crippen LogP contribution in [0.2, 0.25) is 0 Å². The number of nitrogens with one attached hydrogen (secondary N) is 2. The van der Waals surface area contributed by atoms with Crippen molar-refractivity contribution >= 4 is 5.91 Å². The Hall–Kier alpha value is -0.610. The van der Waals surface area contributed by atoms with Gasteiger partial charge in [0.05, 0.1) is 12.2 Å². The van der Waals surface area contributed by atoms with Crippen molar-refractivity contribution in [2.75, 3.05) is 0 Å². The van der Waals surface area contributed by atoms with Gasteiger partial charge in [-0.25, -0.2) is 0 Å². The van der Waals surface area contributed by atoms with E-state index in [2.05, 4.69) is 24.5 Å². The second-order valence-electron chi connectivity index (χ2n) is 5.99. The number of ether oxygens (including phenoxy) is 1. The van der Waals surface area contributed by atoms with Crippen molar-refractivity contribution in [2.24, 2.45) is 5.92 Å². The van der Waals surface area contributed by atoms with E-state index < -0.39 is 0 Å². The lowest BCUT2D eigenvalue weighted by molar-refractivity contribution is -0.124. The standard InChI is InChI=1S/C13H22N2O2/c1-7(2)17-10-5-9(6-10)14-13(16)12-11(15-12)8-3-4-8/h7-12,15H,3-6H2,1-2H3,(H,14,16)/t9?,10?,11-,12+/m0/s1. The van der Waals surface area contributed by atoms with E-state index in [1.165, 1.54) is 12.8 Å². The molecule has 2 saturated carbocycles. The zero-order chi connectivity index (χ0) is 12.0. The molecule has 1 saturated heterocycles. The van der Waals surface area contributed by atoms with E-state index in [0.29, 0.717) is 24.3 Å². The number of hydrogen-bond acceptors (Lipinski definition) is 3. The van der Waals surface area contributed by atoms with E-state index in [0.717, 1.165) is 18.8 Å². The first kappa shape index (κ1) is 11.5. The maximum Gasteiger partial charge on any atom is 0.238 e. The molecule has 0 radical (unpaired) electrons. The predicted octanol–water partition coefficient (Wildman–Crippen LogP) is 0.809. The second-order valence-corrected chi connectivity index (χ2v) is 5.99. The van der Waals surface area contributed by atoms with Crippen LogP contribution in [0.5, 0.6) is 0 Å². The SMILES string of the molecule is CC(C)OC1CC(NC(=O)[C@@H]2N[C@H]2C2CC2)C1. The summed E-state index contributed by atoms with van der Waals surface area (Å²) in [7, 11) is 0. The first-order chi connectivity index (χ1) is 8.13. The van der Waals surface area contributed by atoms with Gasteiger partial charge in [0.1, 0.15) is 6.04 Å². The lowest BCUT2D eigenvalue weighted by Crippen LogP contribution is -2.50. The van der Waals surface area contributed by atoms with Gasteiger partial charge in [0, 0.05) is 12.1 Å². The van der Waals surface area contributed by atoms with Crippen molar-refractivity contribution in [3.8, 4) is 0 Å². The fraction of sp³-hybridized carbons (Fsp3) is 0.923. The van der Waals surface area contributed by atoms with Crippen molar-refractivity contribution < 1.29 is 9.53 Å². The highest BCUT2D eigenvalue weighted by Gasteiger charge is 2.51. The highest BCUT2D eigenvalue weighted by atomic mass is 16.5. The third-order valence-electron chi connectivity index (χ3n) is 3.94. The molecule has 0 bridgehead atoms. The Kier molecular flexibility index (Phi) is 2.87. The fourth-order valence-electron chi connectivity index (χ4n) is 2.72. The average Bonchev–Trinajstić information content (AvgIpc) is 3.03. The molecule has 0 unspecified atom stereocenters. The predicted molar refractivity (Wildman–Crippen MR) is 64.6 cm³/mol. The Balaban J connectivity index is 1.34. The molecular weight excluding hydrogens is 216 g/mol. The van der Waals surface area contributed by atoms with Gasteiger partial charge in [-0.1, -0.05) is 0 Å². The molecule has 0 spiro atoms. The van der Waals surface area contributed by atoms with Crippen molar-refractivity contribution in [1.82, 2.24) is 10.6 Å². The van der Waals surface area contributed by atoms with Crippen molar-refractivity contribution in [1.29, 1.82) is 0 Å². The van der Waals surface area contributed by atoms with Crippen LogP contribution in [0.4, 0.5) is 0 Å². The van der Waals surface area contributed by atoms with Crippen LogP contribution >= 0.6 is 0 Å². The highest BCUT2D eigenvalue weighted by molar-refractivity contribution is 5.86. The van der Waals surface area contributed by atoms with Gasteiger partial charge < -0.3 is 10.1 Å². The molecule has 17 heavy (non-hydrogen) atoms. The van der Waals surface area contributed by atoms with E-state index in [1.54, 1.807) is 0 Å². The summed E-state index contributed by atoms with van der Waals surface area (Å²) in [4.78, 5) is 11.9. The molecule has 3 aliphatic rings. The topological polar surface area (TPSA) is 60.3 Å². The lowest BCUT2D eigenvalue weighted by atomic mass is 9.89. The molecule has 96 valence electrons. The van der Waals surface area contributed by atoms with E-state index in [4.69, 9.17) is 4.74 Å². The van der Waals surface area contributed by atoms with Crippen LogP contribution in [0.3, 0.4) is 0 Å². The van der Waals surface area contributed by atoms with Crippen LogP contribution in [0.25, 0.3) is 0 Å². The summed E-state index contributed by atoms with van der Waals surface area (Å²) in [5, 5.41) is 6.40. The minimum absolute atomic E-state index is 0.104. The average molecular weight is 238 g/mol. The van der Waals surface area contributed by atoms with Crippen molar-refractivity contribution in [2.45, 2.75) is 69.9 Å². The molecule has 0 aromatic rings.